The summed E-state index contributed by atoms with van der Waals surface area (Å²) < 4.78 is 9.35. The zero-order valence-corrected chi connectivity index (χ0v) is 21.8. The van der Waals surface area contributed by atoms with Crippen LogP contribution in [0.3, 0.4) is 0 Å². The minimum Gasteiger partial charge on any atom is -0.432 e. The Balaban J connectivity index is 1.70. The second-order valence-corrected chi connectivity index (χ2v) is 14.4. The molecule has 10 heteroatoms. The van der Waals surface area contributed by atoms with Crippen molar-refractivity contribution in [2.24, 2.45) is 5.92 Å². The third kappa shape index (κ3) is 4.12. The summed E-state index contributed by atoms with van der Waals surface area (Å²) in [6.45, 7) is 10.7. The number of aliphatic hydroxyl groups excluding tert-OH is 1. The molecule has 0 aliphatic carbocycles. The number of ether oxygens (including phenoxy) is 1. The Bertz CT molecular complexity index is 1060. The van der Waals surface area contributed by atoms with Gasteiger partial charge in [0.15, 0.2) is 13.9 Å². The molecule has 4 rings (SSSR count). The van der Waals surface area contributed by atoms with Gasteiger partial charge in [-0.2, -0.15) is 0 Å². The fourth-order valence-corrected chi connectivity index (χ4v) is 8.53. The number of nitrogens with zero attached hydrogens (tertiary/aromatic N) is 4. The quantitative estimate of drug-likeness (QED) is 0.398. The number of rotatable bonds is 8. The first-order chi connectivity index (χ1) is 15.6. The third-order valence-electron chi connectivity index (χ3n) is 6.85. The molecule has 1 spiro atoms. The Hall–Kier alpha value is -1.85. The van der Waals surface area contributed by atoms with Gasteiger partial charge in [0.2, 0.25) is 0 Å². The summed E-state index contributed by atoms with van der Waals surface area (Å²) in [5.41, 5.74) is 1.12. The monoisotopic (exact) mass is 534 g/mol. The van der Waals surface area contributed by atoms with Crippen molar-refractivity contribution in [2.75, 3.05) is 18.1 Å². The average Bonchev–Trinajstić information content (AvgIpc) is 3.38. The lowest BCUT2D eigenvalue weighted by atomic mass is 9.82. The highest BCUT2D eigenvalue weighted by molar-refractivity contribution is 9.10. The number of carbonyl (C=O) groups excluding carboxylic acids is 1. The number of hydrogen-bond donors (Lipinski definition) is 2. The predicted molar refractivity (Wildman–Crippen MR) is 131 cm³/mol. The SMILES string of the molecule is C=CCN1C(=O)[C@@]2(O[C@@H](CCn3cc(CCO)nn3)[C@H]([Si](C)(C)O)[C@H]2C)c2cc(Br)ccc21. The van der Waals surface area contributed by atoms with Crippen molar-refractivity contribution >= 4 is 35.8 Å². The minimum atomic E-state index is -2.70. The second kappa shape index (κ2) is 9.07. The van der Waals surface area contributed by atoms with E-state index >= 15 is 0 Å². The minimum absolute atomic E-state index is 0.0229. The normalized spacial score (nSPS) is 26.9. The van der Waals surface area contributed by atoms with Gasteiger partial charge in [-0.15, -0.1) is 11.7 Å². The Morgan fingerprint density at radius 1 is 1.39 bits per heavy atom. The van der Waals surface area contributed by atoms with E-state index in [9.17, 15) is 9.59 Å². The largest absolute Gasteiger partial charge is 0.432 e. The van der Waals surface area contributed by atoms with Crippen LogP contribution in [0.1, 0.15) is 24.6 Å². The first-order valence-corrected chi connectivity index (χ1v) is 15.1. The molecule has 2 N–H and O–H groups in total. The molecule has 2 aromatic rings. The number of aliphatic hydroxyl groups is 1. The Kier molecular flexibility index (Phi) is 6.67. The van der Waals surface area contributed by atoms with E-state index in [0.717, 1.165) is 21.4 Å². The van der Waals surface area contributed by atoms with Crippen LogP contribution in [0.15, 0.2) is 41.5 Å². The van der Waals surface area contributed by atoms with Crippen molar-refractivity contribution in [2.45, 2.75) is 56.7 Å². The van der Waals surface area contributed by atoms with Crippen LogP contribution in [0, 0.1) is 5.92 Å². The molecule has 0 radical (unpaired) electrons. The van der Waals surface area contributed by atoms with Crippen LogP contribution in [-0.2, 0) is 28.1 Å². The van der Waals surface area contributed by atoms with Crippen LogP contribution >= 0.6 is 15.9 Å². The number of anilines is 1. The molecule has 1 amide bonds. The van der Waals surface area contributed by atoms with E-state index < -0.39 is 13.9 Å². The summed E-state index contributed by atoms with van der Waals surface area (Å²) in [5, 5.41) is 17.4. The van der Waals surface area contributed by atoms with E-state index in [-0.39, 0.29) is 30.1 Å². The molecule has 2 aliphatic rings. The van der Waals surface area contributed by atoms with Crippen LogP contribution < -0.4 is 4.90 Å². The number of fused-ring (bicyclic) bond motifs is 2. The van der Waals surface area contributed by atoms with Crippen molar-refractivity contribution in [3.05, 3.63) is 52.8 Å². The Labute approximate surface area is 203 Å². The van der Waals surface area contributed by atoms with Crippen LogP contribution in [0.25, 0.3) is 0 Å². The molecule has 1 fully saturated rings. The number of aromatic nitrogens is 3. The van der Waals surface area contributed by atoms with Gasteiger partial charge >= 0.3 is 0 Å². The van der Waals surface area contributed by atoms with Crippen molar-refractivity contribution in [3.8, 4) is 0 Å². The van der Waals surface area contributed by atoms with Crippen LogP contribution in [-0.4, -0.2) is 58.4 Å². The fraction of sp³-hybridized carbons (Fsp3) is 0.522. The maximum atomic E-state index is 13.9. The van der Waals surface area contributed by atoms with Gasteiger partial charge in [0, 0.05) is 53.8 Å². The van der Waals surface area contributed by atoms with E-state index in [1.54, 1.807) is 15.7 Å². The number of benzene rings is 1. The van der Waals surface area contributed by atoms with Crippen molar-refractivity contribution in [3.63, 3.8) is 0 Å². The van der Waals surface area contributed by atoms with Crippen molar-refractivity contribution < 1.29 is 19.4 Å². The molecular weight excluding hydrogens is 504 g/mol. The molecule has 2 aliphatic heterocycles. The van der Waals surface area contributed by atoms with Gasteiger partial charge in [-0.25, -0.2) is 0 Å². The molecule has 3 heterocycles. The molecule has 0 unspecified atom stereocenters. The molecule has 8 nitrogen and oxygen atoms in total. The molecule has 0 saturated carbocycles. The highest BCUT2D eigenvalue weighted by Crippen LogP contribution is 2.59. The molecule has 33 heavy (non-hydrogen) atoms. The van der Waals surface area contributed by atoms with Crippen LogP contribution in [0.5, 0.6) is 0 Å². The second-order valence-electron chi connectivity index (χ2n) is 9.46. The van der Waals surface area contributed by atoms with E-state index in [0.29, 0.717) is 25.9 Å². The van der Waals surface area contributed by atoms with Gasteiger partial charge < -0.3 is 19.5 Å². The standard InChI is InChI=1S/C23H31BrN4O4Si/c1-5-10-28-19-7-6-16(24)13-18(19)23(22(28)30)15(2)21(33(3,4)31)20(32-23)8-11-27-14-17(9-12-29)25-26-27/h5-7,13-15,20-21,29,31H,1,8-12H2,2-4H3/t15-,20+,21-,23+/m1/s1. The van der Waals surface area contributed by atoms with Gasteiger partial charge in [-0.05, 0) is 37.7 Å². The summed E-state index contributed by atoms with van der Waals surface area (Å²) in [6.07, 6.45) is 4.28. The smallest absolute Gasteiger partial charge is 0.264 e. The number of carbonyl (C=O) groups is 1. The van der Waals surface area contributed by atoms with E-state index in [4.69, 9.17) is 9.84 Å². The van der Waals surface area contributed by atoms with Gasteiger partial charge in [-0.1, -0.05) is 34.1 Å². The third-order valence-corrected chi connectivity index (χ3v) is 9.85. The maximum Gasteiger partial charge on any atom is 0.264 e. The van der Waals surface area contributed by atoms with E-state index in [1.807, 2.05) is 44.4 Å². The first-order valence-electron chi connectivity index (χ1n) is 11.3. The fourth-order valence-electron chi connectivity index (χ4n) is 5.57. The highest BCUT2D eigenvalue weighted by Gasteiger charge is 2.66. The summed E-state index contributed by atoms with van der Waals surface area (Å²) in [4.78, 5) is 26.9. The first kappa shape index (κ1) is 24.3. The lowest BCUT2D eigenvalue weighted by Gasteiger charge is -2.32. The van der Waals surface area contributed by atoms with Gasteiger partial charge in [0.05, 0.1) is 17.5 Å². The maximum absolute atomic E-state index is 13.9. The number of amides is 1. The summed E-state index contributed by atoms with van der Waals surface area (Å²) in [7, 11) is -2.70. The van der Waals surface area contributed by atoms with Gasteiger partial charge in [-0.3, -0.25) is 9.48 Å². The number of aryl methyl sites for hydroxylation is 1. The van der Waals surface area contributed by atoms with Crippen molar-refractivity contribution in [1.82, 2.24) is 15.0 Å². The summed E-state index contributed by atoms with van der Waals surface area (Å²) in [6, 6.07) is 5.83. The molecule has 1 saturated heterocycles. The van der Waals surface area contributed by atoms with Crippen LogP contribution in [0.4, 0.5) is 5.69 Å². The van der Waals surface area contributed by atoms with Crippen molar-refractivity contribution in [1.29, 1.82) is 0 Å². The summed E-state index contributed by atoms with van der Waals surface area (Å²) >= 11 is 3.56. The van der Waals surface area contributed by atoms with E-state index in [1.165, 1.54) is 0 Å². The summed E-state index contributed by atoms with van der Waals surface area (Å²) in [5.74, 6) is -0.301. The molecule has 1 aromatic carbocycles. The van der Waals surface area contributed by atoms with E-state index in [2.05, 4.69) is 32.8 Å². The Morgan fingerprint density at radius 2 is 2.15 bits per heavy atom. The zero-order valence-electron chi connectivity index (χ0n) is 19.2. The zero-order chi connectivity index (χ0) is 24.0. The lowest BCUT2D eigenvalue weighted by molar-refractivity contribution is -0.145. The molecule has 178 valence electrons. The number of halogens is 1. The lowest BCUT2D eigenvalue weighted by Crippen LogP contribution is -2.46. The highest BCUT2D eigenvalue weighted by atomic mass is 79.9. The van der Waals surface area contributed by atoms with Gasteiger partial charge in [0.25, 0.3) is 5.91 Å². The predicted octanol–water partition coefficient (Wildman–Crippen LogP) is 3.00. The Morgan fingerprint density at radius 3 is 2.82 bits per heavy atom. The molecule has 4 atom stereocenters. The topological polar surface area (TPSA) is 101 Å². The average molecular weight is 536 g/mol. The van der Waals surface area contributed by atoms with Gasteiger partial charge in [0.1, 0.15) is 0 Å². The molecule has 0 bridgehead atoms. The van der Waals surface area contributed by atoms with Crippen LogP contribution in [0.2, 0.25) is 18.6 Å². The number of hydrogen-bond acceptors (Lipinski definition) is 6. The molecule has 1 aromatic heterocycles. The molecular formula is C23H31BrN4O4Si.